The zero-order chi connectivity index (χ0) is 15.3. The lowest BCUT2D eigenvalue weighted by molar-refractivity contribution is -0.386. The molecule has 20 heavy (non-hydrogen) atoms. The van der Waals surface area contributed by atoms with Crippen molar-refractivity contribution < 1.29 is 9.66 Å². The van der Waals surface area contributed by atoms with E-state index in [0.29, 0.717) is 18.3 Å². The third kappa shape index (κ3) is 4.19. The molecular weight excluding hydrogens is 260 g/mol. The number of aromatic nitrogens is 2. The Balaban J connectivity index is 2.74. The summed E-state index contributed by atoms with van der Waals surface area (Å²) < 4.78 is 7.19. The van der Waals surface area contributed by atoms with Crippen LogP contribution in [0.5, 0.6) is 5.88 Å². The van der Waals surface area contributed by atoms with E-state index < -0.39 is 4.92 Å². The average Bonchev–Trinajstić information content (AvgIpc) is 2.65. The molecule has 0 aliphatic rings. The minimum absolute atomic E-state index is 0.0196. The summed E-state index contributed by atoms with van der Waals surface area (Å²) in [7, 11) is 0. The summed E-state index contributed by atoms with van der Waals surface area (Å²) >= 11 is 0. The molecule has 0 bridgehead atoms. The van der Waals surface area contributed by atoms with Crippen LogP contribution in [-0.4, -0.2) is 33.9 Å². The van der Waals surface area contributed by atoms with E-state index in [1.807, 2.05) is 13.8 Å². The molecule has 0 radical (unpaired) electrons. The van der Waals surface area contributed by atoms with Crippen molar-refractivity contribution in [2.45, 2.75) is 53.1 Å². The zero-order valence-corrected chi connectivity index (χ0v) is 12.8. The lowest BCUT2D eigenvalue weighted by Crippen LogP contribution is -2.25. The molecule has 1 aromatic rings. The van der Waals surface area contributed by atoms with Crippen molar-refractivity contribution in [2.75, 3.05) is 13.2 Å². The molecule has 114 valence electrons. The van der Waals surface area contributed by atoms with Gasteiger partial charge in [-0.05, 0) is 33.7 Å². The van der Waals surface area contributed by atoms with Crippen LogP contribution in [-0.2, 0) is 0 Å². The third-order valence-electron chi connectivity index (χ3n) is 2.80. The van der Waals surface area contributed by atoms with Crippen molar-refractivity contribution in [3.8, 4) is 5.88 Å². The Morgan fingerprint density at radius 3 is 2.55 bits per heavy atom. The van der Waals surface area contributed by atoms with Gasteiger partial charge in [-0.2, -0.15) is 5.10 Å². The van der Waals surface area contributed by atoms with Crippen molar-refractivity contribution in [1.29, 1.82) is 0 Å². The fourth-order valence-electron chi connectivity index (χ4n) is 1.84. The van der Waals surface area contributed by atoms with Gasteiger partial charge in [-0.25, -0.2) is 4.68 Å². The first kappa shape index (κ1) is 16.4. The first-order valence-corrected chi connectivity index (χ1v) is 6.94. The van der Waals surface area contributed by atoms with E-state index in [4.69, 9.17) is 4.74 Å². The van der Waals surface area contributed by atoms with E-state index in [9.17, 15) is 10.1 Å². The first-order chi connectivity index (χ1) is 9.34. The van der Waals surface area contributed by atoms with Crippen molar-refractivity contribution in [3.63, 3.8) is 0 Å². The van der Waals surface area contributed by atoms with Gasteiger partial charge < -0.3 is 10.1 Å². The largest absolute Gasteiger partial charge is 0.473 e. The van der Waals surface area contributed by atoms with Crippen molar-refractivity contribution in [2.24, 2.45) is 0 Å². The number of hydrogen-bond donors (Lipinski definition) is 1. The highest BCUT2D eigenvalue weighted by molar-refractivity contribution is 5.45. The Hall–Kier alpha value is -1.63. The molecule has 0 saturated carbocycles. The highest BCUT2D eigenvalue weighted by atomic mass is 16.6. The normalized spacial score (nSPS) is 11.3. The first-order valence-electron chi connectivity index (χ1n) is 6.94. The molecule has 0 atom stereocenters. The highest BCUT2D eigenvalue weighted by Crippen LogP contribution is 2.32. The summed E-state index contributed by atoms with van der Waals surface area (Å²) in [5.41, 5.74) is 0.356. The van der Waals surface area contributed by atoms with E-state index in [1.165, 1.54) is 0 Å². The number of nitrogens with zero attached hydrogens (tertiary/aromatic N) is 3. The summed E-state index contributed by atoms with van der Waals surface area (Å²) in [6.45, 7) is 10.9. The topological polar surface area (TPSA) is 82.2 Å². The minimum Gasteiger partial charge on any atom is -0.473 e. The van der Waals surface area contributed by atoms with Crippen LogP contribution >= 0.6 is 0 Å². The van der Waals surface area contributed by atoms with Gasteiger partial charge in [0.25, 0.3) is 5.88 Å². The molecule has 0 amide bonds. The van der Waals surface area contributed by atoms with Crippen LogP contribution in [0, 0.1) is 17.0 Å². The summed E-state index contributed by atoms with van der Waals surface area (Å²) in [5.74, 6) is 0.257. The van der Waals surface area contributed by atoms with Gasteiger partial charge in [0.05, 0.1) is 17.6 Å². The SMILES string of the molecule is Cc1nn(C(C)C)c(OCCCNC(C)C)c1[N+](=O)[O-]. The molecule has 1 rings (SSSR count). The van der Waals surface area contributed by atoms with Crippen LogP contribution in [0.25, 0.3) is 0 Å². The molecule has 0 fully saturated rings. The number of aryl methyl sites for hydroxylation is 1. The standard InChI is InChI=1S/C13H24N4O3/c1-9(2)14-7-6-8-20-13-12(17(18)19)11(5)15-16(13)10(3)4/h9-10,14H,6-8H2,1-5H3. The third-order valence-corrected chi connectivity index (χ3v) is 2.80. The summed E-state index contributed by atoms with van der Waals surface area (Å²) in [6, 6.07) is 0.443. The van der Waals surface area contributed by atoms with E-state index in [0.717, 1.165) is 13.0 Å². The molecule has 0 saturated heterocycles. The molecule has 0 aliphatic carbocycles. The Bertz CT molecular complexity index is 455. The maximum atomic E-state index is 11.1. The second-order valence-corrected chi connectivity index (χ2v) is 5.35. The van der Waals surface area contributed by atoms with Crippen molar-refractivity contribution in [3.05, 3.63) is 15.8 Å². The second kappa shape index (κ2) is 7.23. The van der Waals surface area contributed by atoms with E-state index in [2.05, 4.69) is 24.3 Å². The number of nitro groups is 1. The Kier molecular flexibility index (Phi) is 5.94. The molecule has 1 N–H and O–H groups in total. The van der Waals surface area contributed by atoms with E-state index in [-0.39, 0.29) is 17.6 Å². The lowest BCUT2D eigenvalue weighted by Gasteiger charge is -2.12. The van der Waals surface area contributed by atoms with Crippen LogP contribution < -0.4 is 10.1 Å². The number of nitrogens with one attached hydrogen (secondary N) is 1. The molecular formula is C13H24N4O3. The Labute approximate surface area is 119 Å². The quantitative estimate of drug-likeness (QED) is 0.450. The lowest BCUT2D eigenvalue weighted by atomic mass is 10.3. The van der Waals surface area contributed by atoms with Gasteiger partial charge >= 0.3 is 5.69 Å². The molecule has 1 heterocycles. The fraction of sp³-hybridized carbons (Fsp3) is 0.769. The molecule has 0 unspecified atom stereocenters. The maximum absolute atomic E-state index is 11.1. The molecule has 0 aromatic carbocycles. The average molecular weight is 284 g/mol. The molecule has 0 spiro atoms. The Morgan fingerprint density at radius 1 is 1.40 bits per heavy atom. The maximum Gasteiger partial charge on any atom is 0.353 e. The fourth-order valence-corrected chi connectivity index (χ4v) is 1.84. The number of ether oxygens (including phenoxy) is 1. The monoisotopic (exact) mass is 284 g/mol. The second-order valence-electron chi connectivity index (χ2n) is 5.35. The summed E-state index contributed by atoms with van der Waals surface area (Å²) in [5, 5.41) is 18.6. The van der Waals surface area contributed by atoms with Gasteiger partial charge in [0.15, 0.2) is 0 Å². The molecule has 0 aliphatic heterocycles. The van der Waals surface area contributed by atoms with Gasteiger partial charge in [-0.15, -0.1) is 0 Å². The van der Waals surface area contributed by atoms with E-state index >= 15 is 0 Å². The van der Waals surface area contributed by atoms with Crippen LogP contribution in [0.1, 0.15) is 45.9 Å². The predicted octanol–water partition coefficient (Wildman–Crippen LogP) is 2.45. The van der Waals surface area contributed by atoms with Gasteiger partial charge in [0, 0.05) is 6.04 Å². The van der Waals surface area contributed by atoms with Crippen LogP contribution in [0.4, 0.5) is 5.69 Å². The van der Waals surface area contributed by atoms with Crippen molar-refractivity contribution >= 4 is 5.69 Å². The van der Waals surface area contributed by atoms with Gasteiger partial charge in [0.2, 0.25) is 0 Å². The van der Waals surface area contributed by atoms with Crippen LogP contribution in [0.15, 0.2) is 0 Å². The van der Waals surface area contributed by atoms with Crippen LogP contribution in [0.3, 0.4) is 0 Å². The summed E-state index contributed by atoms with van der Waals surface area (Å²) in [4.78, 5) is 10.7. The van der Waals surface area contributed by atoms with E-state index in [1.54, 1.807) is 11.6 Å². The molecule has 7 nitrogen and oxygen atoms in total. The van der Waals surface area contributed by atoms with Crippen LogP contribution in [0.2, 0.25) is 0 Å². The molecule has 1 aromatic heterocycles. The van der Waals surface area contributed by atoms with Crippen molar-refractivity contribution in [1.82, 2.24) is 15.1 Å². The number of hydrogen-bond acceptors (Lipinski definition) is 5. The smallest absolute Gasteiger partial charge is 0.353 e. The zero-order valence-electron chi connectivity index (χ0n) is 12.8. The van der Waals surface area contributed by atoms with Gasteiger partial charge in [-0.3, -0.25) is 10.1 Å². The Morgan fingerprint density at radius 2 is 2.05 bits per heavy atom. The van der Waals surface area contributed by atoms with Gasteiger partial charge in [0.1, 0.15) is 5.69 Å². The predicted molar refractivity (Wildman–Crippen MR) is 77.3 cm³/mol. The number of rotatable bonds is 8. The minimum atomic E-state index is -0.428. The molecule has 7 heteroatoms. The highest BCUT2D eigenvalue weighted by Gasteiger charge is 2.27. The summed E-state index contributed by atoms with van der Waals surface area (Å²) in [6.07, 6.45) is 0.789. The van der Waals surface area contributed by atoms with Gasteiger partial charge in [-0.1, -0.05) is 13.8 Å².